The molecule has 0 aromatic rings. The first-order valence-electron chi connectivity index (χ1n) is 2.85. The Morgan fingerprint density at radius 2 is 2.40 bits per heavy atom. The van der Waals surface area contributed by atoms with Gasteiger partial charge in [-0.3, -0.25) is 4.79 Å². The van der Waals surface area contributed by atoms with Crippen LogP contribution in [-0.2, 0) is 4.79 Å². The van der Waals surface area contributed by atoms with Gasteiger partial charge in [0, 0.05) is 18.3 Å². The first-order valence-corrected chi connectivity index (χ1v) is 2.85. The molecule has 0 aliphatic carbocycles. The number of hydrogen-bond acceptors (Lipinski definition) is 4. The van der Waals surface area contributed by atoms with Crippen LogP contribution in [0.5, 0.6) is 0 Å². The fraction of sp³-hybridized carbons (Fsp3) is 0.333. The van der Waals surface area contributed by atoms with Crippen molar-refractivity contribution in [2.45, 2.75) is 0 Å². The third kappa shape index (κ3) is 2.41. The molecule has 0 saturated carbocycles. The molecule has 10 heavy (non-hydrogen) atoms. The minimum Gasteiger partial charge on any atom is -0.396 e. The lowest BCUT2D eigenvalue weighted by Crippen LogP contribution is -2.16. The fourth-order valence-electron chi connectivity index (χ4n) is 0.503. The number of aldehydes is 1. The number of rotatable bonds is 4. The van der Waals surface area contributed by atoms with Crippen molar-refractivity contribution in [1.29, 1.82) is 5.41 Å². The molecule has 4 N–H and O–H groups in total. The number of carbonyl (C=O) groups excluding carboxylic acids is 1. The summed E-state index contributed by atoms with van der Waals surface area (Å²) in [5.74, 6) is 0. The highest BCUT2D eigenvalue weighted by Crippen LogP contribution is 1.89. The average Bonchev–Trinajstić information content (AvgIpc) is 1.99. The zero-order valence-corrected chi connectivity index (χ0v) is 5.85. The highest BCUT2D eigenvalue weighted by atomic mass is 16.1. The number of allylic oxidation sites excluding steroid dienone is 1. The Balaban J connectivity index is 4.28. The van der Waals surface area contributed by atoms with Gasteiger partial charge in [0.2, 0.25) is 0 Å². The number of carbonyl (C=O) groups is 1. The molecule has 0 spiro atoms. The zero-order valence-electron chi connectivity index (χ0n) is 5.85. The molecule has 0 bridgehead atoms. The van der Waals surface area contributed by atoms with Crippen molar-refractivity contribution < 1.29 is 4.79 Å². The van der Waals surface area contributed by atoms with Crippen molar-refractivity contribution in [3.8, 4) is 0 Å². The number of likely N-dealkylation sites (N-methyl/N-ethyl adjacent to an activating group) is 1. The van der Waals surface area contributed by atoms with E-state index in [1.54, 1.807) is 7.05 Å². The Morgan fingerprint density at radius 1 is 1.80 bits per heavy atom. The SMILES string of the molecule is CNC/C(C=N)=C(/N)C=O. The van der Waals surface area contributed by atoms with E-state index < -0.39 is 0 Å². The van der Waals surface area contributed by atoms with Crippen LogP contribution in [0.3, 0.4) is 0 Å². The third-order valence-corrected chi connectivity index (χ3v) is 1.04. The van der Waals surface area contributed by atoms with Gasteiger partial charge in [-0.05, 0) is 7.05 Å². The summed E-state index contributed by atoms with van der Waals surface area (Å²) in [6, 6.07) is 0. The summed E-state index contributed by atoms with van der Waals surface area (Å²) in [4.78, 5) is 10.1. The molecule has 0 aliphatic heterocycles. The van der Waals surface area contributed by atoms with E-state index in [0.29, 0.717) is 18.4 Å². The highest BCUT2D eigenvalue weighted by molar-refractivity contribution is 5.87. The lowest BCUT2D eigenvalue weighted by atomic mass is 10.2. The minimum atomic E-state index is 0.115. The summed E-state index contributed by atoms with van der Waals surface area (Å²) < 4.78 is 0. The standard InChI is InChI=1S/C6H11N3O/c1-9-3-5(2-7)6(8)4-10/h2,4,7,9H,3,8H2,1H3/b6-5+,7-2?. The first kappa shape index (κ1) is 8.84. The Bertz CT molecular complexity index is 162. The molecule has 0 aromatic heterocycles. The summed E-state index contributed by atoms with van der Waals surface area (Å²) in [5.41, 5.74) is 5.86. The monoisotopic (exact) mass is 141 g/mol. The Morgan fingerprint density at radius 3 is 2.70 bits per heavy atom. The summed E-state index contributed by atoms with van der Waals surface area (Å²) in [6.45, 7) is 0.452. The van der Waals surface area contributed by atoms with Gasteiger partial charge in [-0.15, -0.1) is 0 Å². The summed E-state index contributed by atoms with van der Waals surface area (Å²) >= 11 is 0. The van der Waals surface area contributed by atoms with Crippen molar-refractivity contribution >= 4 is 12.5 Å². The lowest BCUT2D eigenvalue weighted by molar-refractivity contribution is -0.105. The Hall–Kier alpha value is -1.16. The molecule has 0 amide bonds. The Kier molecular flexibility index (Phi) is 4.15. The van der Waals surface area contributed by atoms with E-state index in [0.717, 1.165) is 6.21 Å². The molecular formula is C6H11N3O. The fourth-order valence-corrected chi connectivity index (χ4v) is 0.503. The molecule has 0 rings (SSSR count). The van der Waals surface area contributed by atoms with Gasteiger partial charge in [-0.2, -0.15) is 0 Å². The largest absolute Gasteiger partial charge is 0.396 e. The molecule has 0 fully saturated rings. The molecule has 0 aliphatic rings. The smallest absolute Gasteiger partial charge is 0.166 e. The second-order valence-electron chi connectivity index (χ2n) is 1.77. The second-order valence-corrected chi connectivity index (χ2v) is 1.77. The van der Waals surface area contributed by atoms with Gasteiger partial charge in [-0.1, -0.05) is 0 Å². The van der Waals surface area contributed by atoms with E-state index in [1.165, 1.54) is 0 Å². The predicted molar refractivity (Wildman–Crippen MR) is 40.0 cm³/mol. The molecule has 0 heterocycles. The van der Waals surface area contributed by atoms with E-state index in [2.05, 4.69) is 5.32 Å². The molecule has 0 aromatic carbocycles. The van der Waals surface area contributed by atoms with Crippen molar-refractivity contribution in [3.05, 3.63) is 11.3 Å². The zero-order chi connectivity index (χ0) is 7.98. The molecule has 0 atom stereocenters. The molecule has 0 unspecified atom stereocenters. The average molecular weight is 141 g/mol. The van der Waals surface area contributed by atoms with Crippen LogP contribution in [0.15, 0.2) is 11.3 Å². The van der Waals surface area contributed by atoms with Gasteiger partial charge in [0.05, 0.1) is 5.70 Å². The molecule has 4 heteroatoms. The van der Waals surface area contributed by atoms with Crippen LogP contribution >= 0.6 is 0 Å². The van der Waals surface area contributed by atoms with E-state index in [1.807, 2.05) is 0 Å². The maximum atomic E-state index is 10.1. The third-order valence-electron chi connectivity index (χ3n) is 1.04. The summed E-state index contributed by atoms with van der Waals surface area (Å²) in [5, 5.41) is 9.62. The van der Waals surface area contributed by atoms with Crippen LogP contribution < -0.4 is 11.1 Å². The van der Waals surface area contributed by atoms with Gasteiger partial charge in [-0.25, -0.2) is 0 Å². The van der Waals surface area contributed by atoms with Crippen molar-refractivity contribution in [1.82, 2.24) is 5.32 Å². The van der Waals surface area contributed by atoms with Crippen LogP contribution in [0.4, 0.5) is 0 Å². The Labute approximate surface area is 59.6 Å². The van der Waals surface area contributed by atoms with Gasteiger partial charge in [0.1, 0.15) is 0 Å². The van der Waals surface area contributed by atoms with E-state index in [-0.39, 0.29) is 5.70 Å². The van der Waals surface area contributed by atoms with Crippen molar-refractivity contribution in [2.75, 3.05) is 13.6 Å². The van der Waals surface area contributed by atoms with Gasteiger partial charge >= 0.3 is 0 Å². The summed E-state index contributed by atoms with van der Waals surface area (Å²) in [7, 11) is 1.72. The predicted octanol–water partition coefficient (Wildman–Crippen LogP) is -0.733. The summed E-state index contributed by atoms with van der Waals surface area (Å²) in [6.07, 6.45) is 1.61. The molecule has 4 nitrogen and oxygen atoms in total. The first-order chi connectivity index (χ1) is 4.76. The van der Waals surface area contributed by atoms with E-state index >= 15 is 0 Å². The topological polar surface area (TPSA) is 79.0 Å². The lowest BCUT2D eigenvalue weighted by Gasteiger charge is -1.99. The van der Waals surface area contributed by atoms with Gasteiger partial charge < -0.3 is 16.5 Å². The van der Waals surface area contributed by atoms with Crippen LogP contribution in [0.25, 0.3) is 0 Å². The van der Waals surface area contributed by atoms with E-state index in [4.69, 9.17) is 11.1 Å². The van der Waals surface area contributed by atoms with Crippen LogP contribution in [0.1, 0.15) is 0 Å². The van der Waals surface area contributed by atoms with E-state index in [9.17, 15) is 4.79 Å². The number of nitrogens with two attached hydrogens (primary N) is 1. The van der Waals surface area contributed by atoms with Gasteiger partial charge in [0.15, 0.2) is 6.29 Å². The normalized spacial score (nSPS) is 12.1. The quantitative estimate of drug-likeness (QED) is 0.274. The van der Waals surface area contributed by atoms with Crippen LogP contribution in [-0.4, -0.2) is 26.1 Å². The minimum absolute atomic E-state index is 0.115. The van der Waals surface area contributed by atoms with Crippen LogP contribution in [0.2, 0.25) is 0 Å². The number of nitrogens with one attached hydrogen (secondary N) is 2. The maximum Gasteiger partial charge on any atom is 0.166 e. The van der Waals surface area contributed by atoms with Gasteiger partial charge in [0.25, 0.3) is 0 Å². The van der Waals surface area contributed by atoms with Crippen molar-refractivity contribution in [3.63, 3.8) is 0 Å². The maximum absolute atomic E-state index is 10.1. The molecule has 0 radical (unpaired) electrons. The second kappa shape index (κ2) is 4.69. The van der Waals surface area contributed by atoms with Crippen molar-refractivity contribution in [2.24, 2.45) is 5.73 Å². The highest BCUT2D eigenvalue weighted by Gasteiger charge is 1.96. The molecule has 56 valence electrons. The number of hydrogen-bond donors (Lipinski definition) is 3. The molecule has 0 saturated heterocycles. The van der Waals surface area contributed by atoms with Crippen LogP contribution in [0, 0.1) is 5.41 Å². The molecular weight excluding hydrogens is 130 g/mol.